The summed E-state index contributed by atoms with van der Waals surface area (Å²) in [6.45, 7) is 3.97. The van der Waals surface area contributed by atoms with Gasteiger partial charge in [0.25, 0.3) is 0 Å². The fourth-order valence-corrected chi connectivity index (χ4v) is 2.62. The van der Waals surface area contributed by atoms with E-state index in [1.54, 1.807) is 4.68 Å². The first kappa shape index (κ1) is 10.8. The lowest BCUT2D eigenvalue weighted by atomic mass is 10.4. The minimum atomic E-state index is 0.486. The molecule has 0 saturated carbocycles. The number of rotatable bonds is 1. The summed E-state index contributed by atoms with van der Waals surface area (Å²) in [7, 11) is 1.86. The molecule has 1 saturated heterocycles. The Labute approximate surface area is 104 Å². The van der Waals surface area contributed by atoms with Crippen LogP contribution in [-0.2, 0) is 7.05 Å². The van der Waals surface area contributed by atoms with E-state index >= 15 is 0 Å². The highest BCUT2D eigenvalue weighted by Gasteiger charge is 2.19. The van der Waals surface area contributed by atoms with Crippen molar-refractivity contribution >= 4 is 28.6 Å². The van der Waals surface area contributed by atoms with Gasteiger partial charge in [0.1, 0.15) is 11.0 Å². The van der Waals surface area contributed by atoms with Crippen LogP contribution >= 0.6 is 11.6 Å². The summed E-state index contributed by atoms with van der Waals surface area (Å²) in [4.78, 5) is 11.1. The lowest BCUT2D eigenvalue weighted by Gasteiger charge is -2.15. The van der Waals surface area contributed by atoms with E-state index in [4.69, 9.17) is 11.6 Å². The van der Waals surface area contributed by atoms with Crippen molar-refractivity contribution in [3.05, 3.63) is 10.8 Å². The monoisotopic (exact) mass is 251 g/mol. The molecule has 3 heterocycles. The van der Waals surface area contributed by atoms with Crippen LogP contribution in [0.4, 0.5) is 5.95 Å². The lowest BCUT2D eigenvalue weighted by molar-refractivity contribution is 0.782. The second-order valence-electron chi connectivity index (χ2n) is 4.41. The molecule has 0 atom stereocenters. The van der Waals surface area contributed by atoms with E-state index in [1.165, 1.54) is 12.8 Å². The van der Waals surface area contributed by atoms with Gasteiger partial charge >= 0.3 is 0 Å². The Morgan fingerprint density at radius 1 is 1.18 bits per heavy atom. The number of anilines is 1. The van der Waals surface area contributed by atoms with Crippen LogP contribution in [0, 0.1) is 6.92 Å². The van der Waals surface area contributed by atoms with Crippen molar-refractivity contribution in [1.29, 1.82) is 0 Å². The molecule has 0 spiro atoms. The summed E-state index contributed by atoms with van der Waals surface area (Å²) < 4.78 is 1.74. The zero-order valence-electron chi connectivity index (χ0n) is 9.94. The van der Waals surface area contributed by atoms with Crippen molar-refractivity contribution in [1.82, 2.24) is 19.7 Å². The smallest absolute Gasteiger partial charge is 0.227 e. The second-order valence-corrected chi connectivity index (χ2v) is 4.77. The summed E-state index contributed by atoms with van der Waals surface area (Å²) >= 11 is 6.22. The number of hydrogen-bond donors (Lipinski definition) is 0. The van der Waals surface area contributed by atoms with Crippen LogP contribution in [0.2, 0.25) is 5.15 Å². The average Bonchev–Trinajstić information content (AvgIpc) is 2.88. The number of fused-ring (bicyclic) bond motifs is 1. The third kappa shape index (κ3) is 1.65. The molecule has 2 aromatic rings. The normalized spacial score (nSPS) is 16.1. The van der Waals surface area contributed by atoms with Crippen molar-refractivity contribution in [3.8, 4) is 0 Å². The number of halogens is 1. The molecule has 0 bridgehead atoms. The predicted octanol–water partition coefficient (Wildman–Crippen LogP) is 1.93. The number of hydrogen-bond acceptors (Lipinski definition) is 4. The SMILES string of the molecule is Cc1nn(C)c2c(Cl)nc(N3CCCC3)nc12. The number of aromatic nitrogens is 4. The molecule has 6 heteroatoms. The van der Waals surface area contributed by atoms with Crippen LogP contribution in [0.1, 0.15) is 18.5 Å². The Kier molecular flexibility index (Phi) is 2.43. The quantitative estimate of drug-likeness (QED) is 0.727. The van der Waals surface area contributed by atoms with Gasteiger partial charge in [0, 0.05) is 20.1 Å². The minimum absolute atomic E-state index is 0.486. The van der Waals surface area contributed by atoms with E-state index in [0.29, 0.717) is 5.15 Å². The Bertz CT molecular complexity index is 571. The molecule has 1 fully saturated rings. The molecule has 0 radical (unpaired) electrons. The first-order chi connectivity index (χ1) is 8.16. The Morgan fingerprint density at radius 2 is 1.88 bits per heavy atom. The fraction of sp³-hybridized carbons (Fsp3) is 0.545. The van der Waals surface area contributed by atoms with Crippen molar-refractivity contribution in [2.45, 2.75) is 19.8 Å². The van der Waals surface area contributed by atoms with E-state index in [2.05, 4.69) is 20.0 Å². The predicted molar refractivity (Wildman–Crippen MR) is 67.5 cm³/mol. The minimum Gasteiger partial charge on any atom is -0.341 e. The molecule has 0 aromatic carbocycles. The van der Waals surface area contributed by atoms with Crippen LogP contribution in [0.15, 0.2) is 0 Å². The number of nitrogens with zero attached hydrogens (tertiary/aromatic N) is 5. The molecule has 0 amide bonds. The second kappa shape index (κ2) is 3.84. The van der Waals surface area contributed by atoms with Gasteiger partial charge in [-0.3, -0.25) is 4.68 Å². The standard InChI is InChI=1S/C11H14ClN5/c1-7-8-9(16(2)15-7)10(12)14-11(13-8)17-5-3-4-6-17/h3-6H2,1-2H3. The van der Waals surface area contributed by atoms with Crippen LogP contribution in [0.5, 0.6) is 0 Å². The van der Waals surface area contributed by atoms with Gasteiger partial charge in [0.05, 0.1) is 5.69 Å². The molecule has 0 unspecified atom stereocenters. The van der Waals surface area contributed by atoms with Gasteiger partial charge < -0.3 is 4.90 Å². The third-order valence-electron chi connectivity index (χ3n) is 3.18. The topological polar surface area (TPSA) is 46.8 Å². The maximum Gasteiger partial charge on any atom is 0.227 e. The van der Waals surface area contributed by atoms with Crippen molar-refractivity contribution < 1.29 is 0 Å². The Hall–Kier alpha value is -1.36. The Morgan fingerprint density at radius 3 is 2.59 bits per heavy atom. The highest BCUT2D eigenvalue weighted by molar-refractivity contribution is 6.33. The van der Waals surface area contributed by atoms with Gasteiger partial charge in [-0.25, -0.2) is 4.98 Å². The van der Waals surface area contributed by atoms with Crippen LogP contribution < -0.4 is 4.90 Å². The van der Waals surface area contributed by atoms with Crippen molar-refractivity contribution in [2.24, 2.45) is 7.05 Å². The maximum atomic E-state index is 6.22. The van der Waals surface area contributed by atoms with Crippen LogP contribution in [-0.4, -0.2) is 32.8 Å². The van der Waals surface area contributed by atoms with Gasteiger partial charge in [-0.1, -0.05) is 11.6 Å². The molecular weight excluding hydrogens is 238 g/mol. The zero-order valence-corrected chi connectivity index (χ0v) is 10.7. The lowest BCUT2D eigenvalue weighted by Crippen LogP contribution is -2.20. The molecule has 17 heavy (non-hydrogen) atoms. The van der Waals surface area contributed by atoms with Crippen LogP contribution in [0.3, 0.4) is 0 Å². The molecule has 1 aliphatic rings. The summed E-state index contributed by atoms with van der Waals surface area (Å²) in [5.74, 6) is 0.733. The van der Waals surface area contributed by atoms with Gasteiger partial charge in [-0.2, -0.15) is 10.1 Å². The van der Waals surface area contributed by atoms with Crippen LogP contribution in [0.25, 0.3) is 11.0 Å². The molecular formula is C11H14ClN5. The maximum absolute atomic E-state index is 6.22. The molecule has 3 rings (SSSR count). The first-order valence-corrected chi connectivity index (χ1v) is 6.16. The molecule has 90 valence electrons. The van der Waals surface area contributed by atoms with E-state index in [9.17, 15) is 0 Å². The summed E-state index contributed by atoms with van der Waals surface area (Å²) in [6, 6.07) is 0. The van der Waals surface area contributed by atoms with Gasteiger partial charge in [-0.15, -0.1) is 0 Å². The summed E-state index contributed by atoms with van der Waals surface area (Å²) in [5, 5.41) is 4.82. The number of aryl methyl sites for hydroxylation is 2. The zero-order chi connectivity index (χ0) is 12.0. The van der Waals surface area contributed by atoms with Gasteiger partial charge in [0.2, 0.25) is 5.95 Å². The average molecular weight is 252 g/mol. The summed E-state index contributed by atoms with van der Waals surface area (Å²) in [6.07, 6.45) is 2.40. The molecule has 5 nitrogen and oxygen atoms in total. The highest BCUT2D eigenvalue weighted by atomic mass is 35.5. The van der Waals surface area contributed by atoms with Crippen molar-refractivity contribution in [2.75, 3.05) is 18.0 Å². The molecule has 2 aromatic heterocycles. The third-order valence-corrected chi connectivity index (χ3v) is 3.45. The van der Waals surface area contributed by atoms with Gasteiger partial charge in [-0.05, 0) is 19.8 Å². The van der Waals surface area contributed by atoms with Crippen molar-refractivity contribution in [3.63, 3.8) is 0 Å². The summed E-state index contributed by atoms with van der Waals surface area (Å²) in [5.41, 5.74) is 2.56. The first-order valence-electron chi connectivity index (χ1n) is 5.78. The largest absolute Gasteiger partial charge is 0.341 e. The van der Waals surface area contributed by atoms with E-state index in [0.717, 1.165) is 35.8 Å². The fourth-order valence-electron chi connectivity index (χ4n) is 2.34. The van der Waals surface area contributed by atoms with Gasteiger partial charge in [0.15, 0.2) is 5.15 Å². The Balaban J connectivity index is 2.19. The molecule has 0 N–H and O–H groups in total. The molecule has 0 aliphatic carbocycles. The van der Waals surface area contributed by atoms with E-state index in [-0.39, 0.29) is 0 Å². The highest BCUT2D eigenvalue weighted by Crippen LogP contribution is 2.26. The molecule has 1 aliphatic heterocycles. The van der Waals surface area contributed by atoms with E-state index < -0.39 is 0 Å². The van der Waals surface area contributed by atoms with E-state index in [1.807, 2.05) is 14.0 Å².